The number of benzene rings is 2. The quantitative estimate of drug-likeness (QED) is 0.167. The van der Waals surface area contributed by atoms with E-state index in [0.717, 1.165) is 35.1 Å². The maximum Gasteiger partial charge on any atom is 0.339 e. The molecular formula is C25H29N5O2. The fraction of sp³-hybridized carbons (Fsp3) is 0.240. The number of aromatic nitrogens is 1. The Bertz CT molecular complexity index is 1070. The van der Waals surface area contributed by atoms with Crippen LogP contribution < -0.4 is 11.7 Å². The maximum absolute atomic E-state index is 12.9. The van der Waals surface area contributed by atoms with E-state index in [9.17, 15) is 4.79 Å². The Morgan fingerprint density at radius 3 is 2.62 bits per heavy atom. The lowest BCUT2D eigenvalue weighted by atomic mass is 9.92. The number of carbonyl (C=O) groups excluding carboxylic acids is 1. The summed E-state index contributed by atoms with van der Waals surface area (Å²) in [5, 5.41) is 7.37. The number of nitrogens with two attached hydrogens (primary N) is 2. The monoisotopic (exact) mass is 431 g/mol. The summed E-state index contributed by atoms with van der Waals surface area (Å²) in [4.78, 5) is 12.9. The molecule has 3 rings (SSSR count). The molecule has 0 saturated heterocycles. The van der Waals surface area contributed by atoms with Gasteiger partial charge in [-0.2, -0.15) is 10.2 Å². The molecule has 0 saturated carbocycles. The van der Waals surface area contributed by atoms with Crippen LogP contribution in [0, 0.1) is 0 Å². The average Bonchev–Trinajstić information content (AvgIpc) is 3.22. The van der Waals surface area contributed by atoms with Gasteiger partial charge in [0, 0.05) is 31.1 Å². The molecule has 0 fully saturated rings. The van der Waals surface area contributed by atoms with Crippen LogP contribution in [0.15, 0.2) is 77.2 Å². The molecule has 7 heteroatoms. The predicted octanol–water partition coefficient (Wildman–Crippen LogP) is 3.86. The number of rotatable bonds is 10. The minimum absolute atomic E-state index is 0.271. The third kappa shape index (κ3) is 5.85. The van der Waals surface area contributed by atoms with Crippen LogP contribution in [0.3, 0.4) is 0 Å². The van der Waals surface area contributed by atoms with Gasteiger partial charge in [-0.15, -0.1) is 0 Å². The molecular weight excluding hydrogens is 402 g/mol. The molecule has 32 heavy (non-hydrogen) atoms. The highest BCUT2D eigenvalue weighted by Crippen LogP contribution is 2.28. The second kappa shape index (κ2) is 11.5. The van der Waals surface area contributed by atoms with Crippen LogP contribution >= 0.6 is 0 Å². The van der Waals surface area contributed by atoms with Crippen LogP contribution in [0.5, 0.6) is 0 Å². The van der Waals surface area contributed by atoms with Crippen LogP contribution in [0.2, 0.25) is 0 Å². The molecule has 166 valence electrons. The number of unbranched alkanes of at least 4 members (excludes halogenated alkanes) is 1. The second-order valence-corrected chi connectivity index (χ2v) is 7.50. The van der Waals surface area contributed by atoms with Crippen molar-refractivity contribution in [2.75, 3.05) is 6.61 Å². The lowest BCUT2D eigenvalue weighted by Gasteiger charge is -2.13. The summed E-state index contributed by atoms with van der Waals surface area (Å²) in [7, 11) is 0. The van der Waals surface area contributed by atoms with Gasteiger partial charge in [0.25, 0.3) is 0 Å². The van der Waals surface area contributed by atoms with Crippen LogP contribution in [-0.2, 0) is 11.3 Å². The van der Waals surface area contributed by atoms with Gasteiger partial charge in [-0.05, 0) is 34.7 Å². The second-order valence-electron chi connectivity index (χ2n) is 7.50. The Morgan fingerprint density at radius 2 is 1.91 bits per heavy atom. The van der Waals surface area contributed by atoms with Crippen LogP contribution in [-0.4, -0.2) is 29.6 Å². The molecule has 2 aromatic carbocycles. The van der Waals surface area contributed by atoms with Gasteiger partial charge >= 0.3 is 5.97 Å². The summed E-state index contributed by atoms with van der Waals surface area (Å²) in [6.45, 7) is 3.02. The Kier molecular flexibility index (Phi) is 8.20. The SMILES string of the molecule is CCCCOC(=O)c1cn(Cc2cccc(C=NN)c2)cc1C(C=NN)c1ccccc1. The van der Waals surface area contributed by atoms with E-state index < -0.39 is 0 Å². The molecule has 0 spiro atoms. The predicted molar refractivity (Wildman–Crippen MR) is 128 cm³/mol. The van der Waals surface area contributed by atoms with Crippen LogP contribution in [0.25, 0.3) is 0 Å². The van der Waals surface area contributed by atoms with Gasteiger partial charge in [-0.1, -0.05) is 61.9 Å². The van der Waals surface area contributed by atoms with Gasteiger partial charge in [0.15, 0.2) is 0 Å². The maximum atomic E-state index is 12.9. The van der Waals surface area contributed by atoms with Crippen molar-refractivity contribution in [2.24, 2.45) is 21.9 Å². The average molecular weight is 432 g/mol. The van der Waals surface area contributed by atoms with Crippen LogP contribution in [0.4, 0.5) is 0 Å². The highest BCUT2D eigenvalue weighted by Gasteiger charge is 2.23. The number of hydrazone groups is 2. The zero-order valence-corrected chi connectivity index (χ0v) is 18.2. The Labute approximate surface area is 188 Å². The number of ether oxygens (including phenoxy) is 1. The highest BCUT2D eigenvalue weighted by molar-refractivity contribution is 5.93. The Balaban J connectivity index is 1.99. The first-order chi connectivity index (χ1) is 15.7. The summed E-state index contributed by atoms with van der Waals surface area (Å²) < 4.78 is 7.51. The summed E-state index contributed by atoms with van der Waals surface area (Å²) in [5.74, 6) is 10.2. The van der Waals surface area contributed by atoms with E-state index in [4.69, 9.17) is 16.4 Å². The number of nitrogens with zero attached hydrogens (tertiary/aromatic N) is 3. The van der Waals surface area contributed by atoms with Crippen molar-refractivity contribution in [3.8, 4) is 0 Å². The molecule has 1 heterocycles. The molecule has 0 aliphatic carbocycles. The van der Waals surface area contributed by atoms with Gasteiger partial charge in [0.05, 0.1) is 18.4 Å². The van der Waals surface area contributed by atoms with E-state index in [1.54, 1.807) is 12.4 Å². The summed E-state index contributed by atoms with van der Waals surface area (Å²) in [6.07, 6.45) is 8.81. The summed E-state index contributed by atoms with van der Waals surface area (Å²) in [5.41, 5.74) is 4.26. The third-order valence-corrected chi connectivity index (χ3v) is 5.13. The lowest BCUT2D eigenvalue weighted by molar-refractivity contribution is 0.0498. The fourth-order valence-corrected chi connectivity index (χ4v) is 3.58. The molecule has 0 amide bonds. The van der Waals surface area contributed by atoms with E-state index >= 15 is 0 Å². The third-order valence-electron chi connectivity index (χ3n) is 5.13. The van der Waals surface area contributed by atoms with Crippen LogP contribution in [0.1, 0.15) is 58.3 Å². The summed E-state index contributed by atoms with van der Waals surface area (Å²) in [6, 6.07) is 17.7. The minimum atomic E-state index is -0.345. The molecule has 4 N–H and O–H groups in total. The standard InChI is InChI=1S/C25H29N5O2/c1-2-3-12-32-25(31)24-18-30(16-20-9-7-8-19(13-20)14-28-26)17-23(24)22(15-29-27)21-10-5-4-6-11-21/h4-11,13-15,17-18,22H,2-3,12,16,26-27H2,1H3. The molecule has 0 aliphatic heterocycles. The number of esters is 1. The number of hydrogen-bond acceptors (Lipinski definition) is 6. The molecule has 1 unspecified atom stereocenters. The molecule has 0 aliphatic rings. The first kappa shape index (κ1) is 22.8. The van der Waals surface area contributed by atoms with Crippen molar-refractivity contribution in [2.45, 2.75) is 32.2 Å². The first-order valence-corrected chi connectivity index (χ1v) is 10.6. The van der Waals surface area contributed by atoms with E-state index in [1.165, 1.54) is 0 Å². The van der Waals surface area contributed by atoms with Gasteiger partial charge in [0.2, 0.25) is 0 Å². The fourth-order valence-electron chi connectivity index (χ4n) is 3.58. The van der Waals surface area contributed by atoms with E-state index in [0.29, 0.717) is 18.7 Å². The van der Waals surface area contributed by atoms with Gasteiger partial charge in [-0.25, -0.2) is 4.79 Å². The molecule has 1 aromatic heterocycles. The van der Waals surface area contributed by atoms with E-state index in [1.807, 2.05) is 71.6 Å². The van der Waals surface area contributed by atoms with Crippen molar-refractivity contribution in [3.63, 3.8) is 0 Å². The van der Waals surface area contributed by atoms with Crippen molar-refractivity contribution in [3.05, 3.63) is 94.8 Å². The summed E-state index contributed by atoms with van der Waals surface area (Å²) >= 11 is 0. The van der Waals surface area contributed by atoms with Crippen molar-refractivity contribution >= 4 is 18.4 Å². The van der Waals surface area contributed by atoms with Gasteiger partial charge in [-0.3, -0.25) is 0 Å². The minimum Gasteiger partial charge on any atom is -0.462 e. The molecule has 0 bridgehead atoms. The highest BCUT2D eigenvalue weighted by atomic mass is 16.5. The van der Waals surface area contributed by atoms with Crippen molar-refractivity contribution in [1.29, 1.82) is 0 Å². The van der Waals surface area contributed by atoms with Gasteiger partial charge in [0.1, 0.15) is 0 Å². The van der Waals surface area contributed by atoms with Crippen molar-refractivity contribution in [1.82, 2.24) is 4.57 Å². The number of hydrogen-bond donors (Lipinski definition) is 2. The number of carbonyl (C=O) groups is 1. The molecule has 3 aromatic rings. The normalized spacial score (nSPS) is 12.4. The van der Waals surface area contributed by atoms with Gasteiger partial charge < -0.3 is 21.0 Å². The topological polar surface area (TPSA) is 108 Å². The smallest absolute Gasteiger partial charge is 0.339 e. The lowest BCUT2D eigenvalue weighted by Crippen LogP contribution is -2.12. The van der Waals surface area contributed by atoms with E-state index in [2.05, 4.69) is 17.1 Å². The largest absolute Gasteiger partial charge is 0.462 e. The zero-order valence-electron chi connectivity index (χ0n) is 18.2. The Morgan fingerprint density at radius 1 is 1.09 bits per heavy atom. The molecule has 7 nitrogen and oxygen atoms in total. The molecule has 0 radical (unpaired) electrons. The van der Waals surface area contributed by atoms with E-state index in [-0.39, 0.29) is 11.9 Å². The van der Waals surface area contributed by atoms with Crippen molar-refractivity contribution < 1.29 is 9.53 Å². The first-order valence-electron chi connectivity index (χ1n) is 10.6. The zero-order chi connectivity index (χ0) is 22.8. The molecule has 1 atom stereocenters. The Hall–Kier alpha value is -3.87.